The topological polar surface area (TPSA) is 52.6 Å². The maximum atomic E-state index is 10.5. The second-order valence-electron chi connectivity index (χ2n) is 1.39. The first-order chi connectivity index (χ1) is 5.16. The zero-order valence-corrected chi connectivity index (χ0v) is 6.26. The lowest BCUT2D eigenvalue weighted by Crippen LogP contribution is -2.13. The van der Waals surface area contributed by atoms with E-state index in [9.17, 15) is 9.59 Å². The summed E-state index contributed by atoms with van der Waals surface area (Å²) in [5.74, 6) is 1.34. The Balaban J connectivity index is 3.39. The van der Waals surface area contributed by atoms with Crippen molar-refractivity contribution < 1.29 is 19.1 Å². The molecule has 0 fully saturated rings. The molecule has 0 bridgehead atoms. The smallest absolute Gasteiger partial charge is 0.404 e. The van der Waals surface area contributed by atoms with Crippen molar-refractivity contribution in [3.63, 3.8) is 0 Å². The highest BCUT2D eigenvalue weighted by molar-refractivity contribution is 6.61. The SMILES string of the molecule is C#CCOC(=O)COC(=O)Cl. The average molecular weight is 177 g/mol. The highest BCUT2D eigenvalue weighted by Crippen LogP contribution is 1.87. The summed E-state index contributed by atoms with van der Waals surface area (Å²) >= 11 is 4.75. The molecule has 4 nitrogen and oxygen atoms in total. The van der Waals surface area contributed by atoms with E-state index in [1.54, 1.807) is 0 Å². The molecule has 0 aliphatic rings. The summed E-state index contributed by atoms with van der Waals surface area (Å²) in [6.07, 6.45) is 4.77. The van der Waals surface area contributed by atoms with Gasteiger partial charge in [0.1, 0.15) is 0 Å². The third-order valence-electron chi connectivity index (χ3n) is 0.620. The third-order valence-corrected chi connectivity index (χ3v) is 0.729. The number of ether oxygens (including phenoxy) is 2. The van der Waals surface area contributed by atoms with Crippen LogP contribution in [-0.4, -0.2) is 24.6 Å². The summed E-state index contributed by atoms with van der Waals surface area (Å²) in [6, 6.07) is 0. The van der Waals surface area contributed by atoms with Crippen LogP contribution in [0.5, 0.6) is 0 Å². The molecule has 0 spiro atoms. The molecule has 0 aromatic rings. The van der Waals surface area contributed by atoms with Gasteiger partial charge < -0.3 is 9.47 Å². The van der Waals surface area contributed by atoms with Crippen LogP contribution in [0.15, 0.2) is 0 Å². The first kappa shape index (κ1) is 9.79. The van der Waals surface area contributed by atoms with Gasteiger partial charge in [0.2, 0.25) is 0 Å². The quantitative estimate of drug-likeness (QED) is 0.358. The van der Waals surface area contributed by atoms with Crippen LogP contribution in [0.1, 0.15) is 0 Å². The van der Waals surface area contributed by atoms with Gasteiger partial charge in [0.15, 0.2) is 13.2 Å². The van der Waals surface area contributed by atoms with Crippen LogP contribution in [0.25, 0.3) is 0 Å². The Morgan fingerprint density at radius 3 is 2.55 bits per heavy atom. The van der Waals surface area contributed by atoms with Crippen molar-refractivity contribution in [2.24, 2.45) is 0 Å². The molecule has 0 amide bonds. The summed E-state index contributed by atoms with van der Waals surface area (Å²) in [7, 11) is 0. The fourth-order valence-electron chi connectivity index (χ4n) is 0.279. The summed E-state index contributed by atoms with van der Waals surface area (Å²) in [4.78, 5) is 20.4. The fraction of sp³-hybridized carbons (Fsp3) is 0.333. The molecule has 0 rings (SSSR count). The lowest BCUT2D eigenvalue weighted by atomic mass is 10.7. The Bertz CT molecular complexity index is 193. The number of terminal acetylenes is 1. The lowest BCUT2D eigenvalue weighted by Gasteiger charge is -1.98. The highest BCUT2D eigenvalue weighted by Gasteiger charge is 2.04. The number of carbonyl (C=O) groups excluding carboxylic acids is 2. The van der Waals surface area contributed by atoms with Crippen molar-refractivity contribution in [1.82, 2.24) is 0 Å². The molecule has 0 N–H and O–H groups in total. The highest BCUT2D eigenvalue weighted by atomic mass is 35.5. The van der Waals surface area contributed by atoms with E-state index in [4.69, 9.17) is 18.0 Å². The molecule has 11 heavy (non-hydrogen) atoms. The summed E-state index contributed by atoms with van der Waals surface area (Å²) in [6.45, 7) is -0.650. The number of hydrogen-bond donors (Lipinski definition) is 0. The summed E-state index contributed by atoms with van der Waals surface area (Å²) < 4.78 is 8.41. The van der Waals surface area contributed by atoms with E-state index in [1.165, 1.54) is 0 Å². The standard InChI is InChI=1S/C6H5ClO4/c1-2-3-10-5(8)4-11-6(7)9/h1H,3-4H2. The zero-order chi connectivity index (χ0) is 8.69. The van der Waals surface area contributed by atoms with E-state index in [0.717, 1.165) is 0 Å². The van der Waals surface area contributed by atoms with Gasteiger partial charge in [-0.15, -0.1) is 6.42 Å². The molecule has 0 aliphatic carbocycles. The van der Waals surface area contributed by atoms with Gasteiger partial charge >= 0.3 is 11.4 Å². The van der Waals surface area contributed by atoms with Gasteiger partial charge in [0, 0.05) is 11.6 Å². The van der Waals surface area contributed by atoms with Crippen LogP contribution in [-0.2, 0) is 14.3 Å². The molecular weight excluding hydrogens is 172 g/mol. The van der Waals surface area contributed by atoms with Crippen LogP contribution < -0.4 is 0 Å². The lowest BCUT2D eigenvalue weighted by molar-refractivity contribution is -0.145. The Kier molecular flexibility index (Phi) is 4.95. The van der Waals surface area contributed by atoms with Crippen molar-refractivity contribution in [3.05, 3.63) is 0 Å². The van der Waals surface area contributed by atoms with Crippen molar-refractivity contribution >= 4 is 23.0 Å². The molecule has 0 atom stereocenters. The third kappa shape index (κ3) is 6.68. The number of rotatable bonds is 3. The maximum Gasteiger partial charge on any atom is 0.404 e. The van der Waals surface area contributed by atoms with Crippen molar-refractivity contribution in [2.45, 2.75) is 0 Å². The second-order valence-corrected chi connectivity index (χ2v) is 1.70. The summed E-state index contributed by atoms with van der Waals surface area (Å²) in [5, 5.41) is 0. The molecule has 5 heteroatoms. The van der Waals surface area contributed by atoms with E-state index in [1.807, 2.05) is 0 Å². The zero-order valence-electron chi connectivity index (χ0n) is 5.50. The monoisotopic (exact) mass is 176 g/mol. The van der Waals surface area contributed by atoms with Gasteiger partial charge in [-0.05, 0) is 0 Å². The molecule has 0 aliphatic heterocycles. The second kappa shape index (κ2) is 5.57. The minimum Gasteiger partial charge on any atom is -0.450 e. The molecule has 0 saturated carbocycles. The van der Waals surface area contributed by atoms with Gasteiger partial charge in [-0.3, -0.25) is 0 Å². The first-order valence-corrected chi connectivity index (χ1v) is 2.96. The van der Waals surface area contributed by atoms with E-state index in [-0.39, 0.29) is 6.61 Å². The van der Waals surface area contributed by atoms with Crippen molar-refractivity contribution in [1.29, 1.82) is 0 Å². The predicted molar refractivity (Wildman–Crippen MR) is 37.0 cm³/mol. The number of halogens is 1. The molecule has 0 heterocycles. The molecule has 60 valence electrons. The van der Waals surface area contributed by atoms with Crippen LogP contribution in [0.2, 0.25) is 0 Å². The van der Waals surface area contributed by atoms with Gasteiger partial charge in [-0.25, -0.2) is 9.59 Å². The Hall–Kier alpha value is -1.21. The maximum absolute atomic E-state index is 10.5. The number of esters is 1. The largest absolute Gasteiger partial charge is 0.450 e. The molecule has 0 radical (unpaired) electrons. The van der Waals surface area contributed by atoms with Crippen LogP contribution >= 0.6 is 11.6 Å². The van der Waals surface area contributed by atoms with E-state index < -0.39 is 18.0 Å². The van der Waals surface area contributed by atoms with E-state index >= 15 is 0 Å². The number of carbonyl (C=O) groups is 2. The predicted octanol–water partition coefficient (Wildman–Crippen LogP) is 0.538. The fourth-order valence-corrected chi connectivity index (χ4v) is 0.334. The van der Waals surface area contributed by atoms with Gasteiger partial charge in [-0.2, -0.15) is 0 Å². The van der Waals surface area contributed by atoms with Gasteiger partial charge in [-0.1, -0.05) is 5.92 Å². The molecule has 0 saturated heterocycles. The number of hydrogen-bond acceptors (Lipinski definition) is 4. The van der Waals surface area contributed by atoms with E-state index in [0.29, 0.717) is 0 Å². The van der Waals surface area contributed by atoms with E-state index in [2.05, 4.69) is 15.4 Å². The Morgan fingerprint density at radius 1 is 1.45 bits per heavy atom. The Morgan fingerprint density at radius 2 is 2.09 bits per heavy atom. The molecule has 0 aromatic heterocycles. The first-order valence-electron chi connectivity index (χ1n) is 2.58. The average Bonchev–Trinajstić information content (AvgIpc) is 1.97. The molecule has 0 unspecified atom stereocenters. The summed E-state index contributed by atoms with van der Waals surface area (Å²) in [5.41, 5.74) is -1.05. The molecule has 0 aromatic carbocycles. The Labute approximate surface area is 68.4 Å². The van der Waals surface area contributed by atoms with Crippen molar-refractivity contribution in [3.8, 4) is 12.3 Å². The van der Waals surface area contributed by atoms with Crippen LogP contribution in [0, 0.1) is 12.3 Å². The van der Waals surface area contributed by atoms with Gasteiger partial charge in [0.25, 0.3) is 0 Å². The minimum absolute atomic E-state index is 0.140. The van der Waals surface area contributed by atoms with Gasteiger partial charge in [0.05, 0.1) is 0 Å². The normalized spacial score (nSPS) is 8.00. The minimum atomic E-state index is -1.05. The van der Waals surface area contributed by atoms with Crippen LogP contribution in [0.4, 0.5) is 4.79 Å². The van der Waals surface area contributed by atoms with Crippen molar-refractivity contribution in [2.75, 3.05) is 13.2 Å². The van der Waals surface area contributed by atoms with Crippen LogP contribution in [0.3, 0.4) is 0 Å². The molecular formula is C6H5ClO4.